The van der Waals surface area contributed by atoms with Gasteiger partial charge in [0, 0.05) is 30.7 Å². The first-order chi connectivity index (χ1) is 7.16. The van der Waals surface area contributed by atoms with Gasteiger partial charge in [0.25, 0.3) is 0 Å². The summed E-state index contributed by atoms with van der Waals surface area (Å²) < 4.78 is 1.67. The second-order valence-corrected chi connectivity index (χ2v) is 3.40. The van der Waals surface area contributed by atoms with Crippen molar-refractivity contribution >= 4 is 5.69 Å². The van der Waals surface area contributed by atoms with Crippen LogP contribution in [0.4, 0.5) is 5.69 Å². The molecule has 0 radical (unpaired) electrons. The van der Waals surface area contributed by atoms with Crippen LogP contribution in [0.5, 0.6) is 0 Å². The van der Waals surface area contributed by atoms with Crippen LogP contribution in [-0.4, -0.2) is 9.55 Å². The van der Waals surface area contributed by atoms with Crippen molar-refractivity contribution in [3.63, 3.8) is 0 Å². The maximum absolute atomic E-state index is 7.44. The van der Waals surface area contributed by atoms with E-state index >= 15 is 0 Å². The molecular weight excluding hydrogens is 188 g/mol. The molecule has 0 saturated heterocycles. The molecule has 1 heterocycles. The Labute approximate surface area is 87.5 Å². The molecule has 2 aromatic rings. The van der Waals surface area contributed by atoms with Crippen LogP contribution in [0.3, 0.4) is 0 Å². The summed E-state index contributed by atoms with van der Waals surface area (Å²) in [5, 5.41) is 7.44. The zero-order valence-electron chi connectivity index (χ0n) is 8.44. The van der Waals surface area contributed by atoms with Crippen LogP contribution >= 0.6 is 0 Å². The minimum absolute atomic E-state index is 0.245. The van der Waals surface area contributed by atoms with Crippen LogP contribution in [0, 0.1) is 5.41 Å². The van der Waals surface area contributed by atoms with Crippen molar-refractivity contribution in [1.82, 2.24) is 9.55 Å². The van der Waals surface area contributed by atoms with E-state index < -0.39 is 0 Å². The number of rotatable bonds is 1. The van der Waals surface area contributed by atoms with Crippen LogP contribution < -0.4 is 11.4 Å². The molecule has 76 valence electrons. The van der Waals surface area contributed by atoms with E-state index in [4.69, 9.17) is 11.1 Å². The molecule has 0 fully saturated rings. The summed E-state index contributed by atoms with van der Waals surface area (Å²) in [5.74, 6) is 0. The Bertz CT molecular complexity index is 525. The number of aromatic nitrogens is 2. The SMILES string of the molecule is Cn1cc(-c2ccc(N)cc2)cnc1=N. The van der Waals surface area contributed by atoms with E-state index in [0.29, 0.717) is 0 Å². The van der Waals surface area contributed by atoms with Crippen molar-refractivity contribution in [2.24, 2.45) is 7.05 Å². The standard InChI is InChI=1S/C11H12N4/c1-15-7-9(6-14-11(15)13)8-2-4-10(12)5-3-8/h2-7,13H,12H2,1H3. The molecule has 0 unspecified atom stereocenters. The fraction of sp³-hybridized carbons (Fsp3) is 0.0909. The predicted octanol–water partition coefficient (Wildman–Crippen LogP) is 1.15. The smallest absolute Gasteiger partial charge is 0.221 e. The largest absolute Gasteiger partial charge is 0.399 e. The molecule has 0 aliphatic rings. The molecular formula is C11H12N4. The molecule has 15 heavy (non-hydrogen) atoms. The monoisotopic (exact) mass is 200 g/mol. The summed E-state index contributed by atoms with van der Waals surface area (Å²) in [6.45, 7) is 0. The van der Waals surface area contributed by atoms with E-state index in [2.05, 4.69) is 4.98 Å². The van der Waals surface area contributed by atoms with Crippen molar-refractivity contribution in [3.8, 4) is 11.1 Å². The topological polar surface area (TPSA) is 67.7 Å². The van der Waals surface area contributed by atoms with Crippen molar-refractivity contribution in [1.29, 1.82) is 5.41 Å². The lowest BCUT2D eigenvalue weighted by molar-refractivity contribution is 0.764. The van der Waals surface area contributed by atoms with Gasteiger partial charge in [-0.2, -0.15) is 0 Å². The third kappa shape index (κ3) is 1.88. The van der Waals surface area contributed by atoms with Gasteiger partial charge in [0.2, 0.25) is 5.62 Å². The van der Waals surface area contributed by atoms with Crippen molar-refractivity contribution < 1.29 is 0 Å². The quantitative estimate of drug-likeness (QED) is 0.678. The number of nitrogens with one attached hydrogen (secondary N) is 1. The summed E-state index contributed by atoms with van der Waals surface area (Å²) in [7, 11) is 1.80. The second-order valence-electron chi connectivity index (χ2n) is 3.40. The first-order valence-electron chi connectivity index (χ1n) is 4.60. The number of hydrogen-bond acceptors (Lipinski definition) is 3. The Hall–Kier alpha value is -2.10. The highest BCUT2D eigenvalue weighted by molar-refractivity contribution is 5.63. The summed E-state index contributed by atoms with van der Waals surface area (Å²) in [6.07, 6.45) is 3.56. The lowest BCUT2D eigenvalue weighted by Crippen LogP contribution is -2.18. The van der Waals surface area contributed by atoms with E-state index in [1.165, 1.54) is 0 Å². The van der Waals surface area contributed by atoms with Gasteiger partial charge < -0.3 is 10.3 Å². The molecule has 0 atom stereocenters. The van der Waals surface area contributed by atoms with Gasteiger partial charge in [-0.1, -0.05) is 12.1 Å². The molecule has 0 saturated carbocycles. The average Bonchev–Trinajstić information content (AvgIpc) is 2.23. The fourth-order valence-corrected chi connectivity index (χ4v) is 1.35. The first kappa shape index (κ1) is 9.45. The maximum Gasteiger partial charge on any atom is 0.221 e. The first-order valence-corrected chi connectivity index (χ1v) is 4.60. The Balaban J connectivity index is 2.50. The van der Waals surface area contributed by atoms with E-state index in [1.807, 2.05) is 30.5 Å². The van der Waals surface area contributed by atoms with E-state index in [0.717, 1.165) is 16.8 Å². The van der Waals surface area contributed by atoms with Crippen LogP contribution in [0.2, 0.25) is 0 Å². The summed E-state index contributed by atoms with van der Waals surface area (Å²) in [6, 6.07) is 7.58. The Morgan fingerprint density at radius 1 is 1.20 bits per heavy atom. The van der Waals surface area contributed by atoms with Gasteiger partial charge in [-0.3, -0.25) is 5.41 Å². The molecule has 0 amide bonds. The number of nitrogens with zero attached hydrogens (tertiary/aromatic N) is 2. The number of anilines is 1. The van der Waals surface area contributed by atoms with E-state index in [1.54, 1.807) is 17.8 Å². The van der Waals surface area contributed by atoms with Gasteiger partial charge in [-0.05, 0) is 17.7 Å². The van der Waals surface area contributed by atoms with Crippen LogP contribution in [0.1, 0.15) is 0 Å². The average molecular weight is 200 g/mol. The molecule has 4 heteroatoms. The highest BCUT2D eigenvalue weighted by atomic mass is 15.0. The van der Waals surface area contributed by atoms with Crippen LogP contribution in [0.25, 0.3) is 11.1 Å². The number of benzene rings is 1. The Morgan fingerprint density at radius 2 is 1.87 bits per heavy atom. The Kier molecular flexibility index (Phi) is 2.25. The van der Waals surface area contributed by atoms with Gasteiger partial charge in [-0.15, -0.1) is 0 Å². The fourth-order valence-electron chi connectivity index (χ4n) is 1.35. The number of nitrogen functional groups attached to an aromatic ring is 1. The summed E-state index contributed by atoms with van der Waals surface area (Å²) in [5.41, 5.74) is 8.62. The van der Waals surface area contributed by atoms with Gasteiger partial charge in [-0.25, -0.2) is 4.98 Å². The summed E-state index contributed by atoms with van der Waals surface area (Å²) in [4.78, 5) is 3.98. The minimum Gasteiger partial charge on any atom is -0.399 e. The molecule has 4 nitrogen and oxygen atoms in total. The summed E-state index contributed by atoms with van der Waals surface area (Å²) >= 11 is 0. The second kappa shape index (κ2) is 3.57. The van der Waals surface area contributed by atoms with Crippen LogP contribution in [0.15, 0.2) is 36.7 Å². The molecule has 1 aromatic heterocycles. The van der Waals surface area contributed by atoms with Crippen LogP contribution in [-0.2, 0) is 7.05 Å². The number of nitrogens with two attached hydrogens (primary N) is 1. The predicted molar refractivity (Wildman–Crippen MR) is 58.9 cm³/mol. The highest BCUT2D eigenvalue weighted by Crippen LogP contribution is 2.17. The van der Waals surface area contributed by atoms with E-state index in [9.17, 15) is 0 Å². The lowest BCUT2D eigenvalue weighted by atomic mass is 10.1. The van der Waals surface area contributed by atoms with Crippen molar-refractivity contribution in [2.45, 2.75) is 0 Å². The molecule has 1 aromatic carbocycles. The molecule has 0 spiro atoms. The zero-order valence-corrected chi connectivity index (χ0v) is 8.44. The molecule has 0 aliphatic heterocycles. The van der Waals surface area contributed by atoms with Crippen molar-refractivity contribution in [3.05, 3.63) is 42.3 Å². The highest BCUT2D eigenvalue weighted by Gasteiger charge is 1.98. The zero-order chi connectivity index (χ0) is 10.8. The van der Waals surface area contributed by atoms with Gasteiger partial charge in [0.1, 0.15) is 0 Å². The third-order valence-corrected chi connectivity index (χ3v) is 2.24. The molecule has 3 N–H and O–H groups in total. The van der Waals surface area contributed by atoms with Gasteiger partial charge in [0.15, 0.2) is 0 Å². The normalized spacial score (nSPS) is 10.2. The molecule has 0 aliphatic carbocycles. The lowest BCUT2D eigenvalue weighted by Gasteiger charge is -2.04. The Morgan fingerprint density at radius 3 is 2.47 bits per heavy atom. The van der Waals surface area contributed by atoms with Gasteiger partial charge >= 0.3 is 0 Å². The maximum atomic E-state index is 7.44. The van der Waals surface area contributed by atoms with Gasteiger partial charge in [0.05, 0.1) is 0 Å². The number of aryl methyl sites for hydroxylation is 1. The van der Waals surface area contributed by atoms with E-state index in [-0.39, 0.29) is 5.62 Å². The molecule has 2 rings (SSSR count). The number of hydrogen-bond donors (Lipinski definition) is 2. The van der Waals surface area contributed by atoms with Crippen molar-refractivity contribution in [2.75, 3.05) is 5.73 Å². The minimum atomic E-state index is 0.245. The third-order valence-electron chi connectivity index (χ3n) is 2.24. The molecule has 0 bridgehead atoms.